The van der Waals surface area contributed by atoms with Gasteiger partial charge in [0.2, 0.25) is 5.89 Å². The first-order chi connectivity index (χ1) is 21.3. The molecule has 2 atom stereocenters. The smallest absolute Gasteiger partial charge is 0.227 e. The number of hydrogen-bond acceptors (Lipinski definition) is 4. The van der Waals surface area contributed by atoms with E-state index in [0.717, 1.165) is 55.3 Å². The van der Waals surface area contributed by atoms with Crippen LogP contribution in [0.25, 0.3) is 44.1 Å². The van der Waals surface area contributed by atoms with Crippen LogP contribution in [-0.4, -0.2) is 11.0 Å². The van der Waals surface area contributed by atoms with E-state index < -0.39 is 0 Å². The Morgan fingerprint density at radius 2 is 1.37 bits per heavy atom. The molecule has 4 heteroatoms. The summed E-state index contributed by atoms with van der Waals surface area (Å²) in [6.07, 6.45) is 8.82. The minimum atomic E-state index is 0.303. The number of aromatic nitrogens is 1. The van der Waals surface area contributed by atoms with Crippen molar-refractivity contribution in [3.05, 3.63) is 151 Å². The number of rotatable bonds is 4. The van der Waals surface area contributed by atoms with E-state index in [-0.39, 0.29) is 0 Å². The summed E-state index contributed by atoms with van der Waals surface area (Å²) < 4.78 is 6.50. The van der Waals surface area contributed by atoms with Crippen molar-refractivity contribution in [1.29, 1.82) is 0 Å². The summed E-state index contributed by atoms with van der Waals surface area (Å²) in [5.41, 5.74) is 8.48. The molecular weight excluding hydrogens is 526 g/mol. The lowest BCUT2D eigenvalue weighted by Gasteiger charge is -2.26. The van der Waals surface area contributed by atoms with Gasteiger partial charge in [-0.15, -0.1) is 0 Å². The van der Waals surface area contributed by atoms with Crippen LogP contribution >= 0.6 is 0 Å². The number of hydrogen-bond donors (Lipinski definition) is 1. The highest BCUT2D eigenvalue weighted by Gasteiger charge is 2.30. The highest BCUT2D eigenvalue weighted by Crippen LogP contribution is 2.44. The monoisotopic (exact) mass is 553 g/mol. The van der Waals surface area contributed by atoms with Gasteiger partial charge in [0.15, 0.2) is 5.58 Å². The molecular formula is C39H27N3O. The summed E-state index contributed by atoms with van der Waals surface area (Å²) in [5, 5.41) is 8.25. The van der Waals surface area contributed by atoms with E-state index >= 15 is 0 Å². The van der Waals surface area contributed by atoms with Gasteiger partial charge in [-0.25, -0.2) is 4.98 Å². The Hall–Kier alpha value is -5.61. The maximum Gasteiger partial charge on any atom is 0.227 e. The molecule has 9 rings (SSSR count). The SMILES string of the molecule is C1=CC2Nc3cc(N(c4ccccc4)c4ccc5ccc6ccc7nc(-c8ccccc8)oc7c6c5c4)ccc3C2C=C1. The Morgan fingerprint density at radius 3 is 2.26 bits per heavy atom. The van der Waals surface area contributed by atoms with Gasteiger partial charge < -0.3 is 14.6 Å². The van der Waals surface area contributed by atoms with Crippen LogP contribution in [0.4, 0.5) is 22.7 Å². The van der Waals surface area contributed by atoms with E-state index in [4.69, 9.17) is 9.40 Å². The summed E-state index contributed by atoms with van der Waals surface area (Å²) in [6.45, 7) is 0. The molecule has 1 N–H and O–H groups in total. The maximum atomic E-state index is 6.50. The highest BCUT2D eigenvalue weighted by molar-refractivity contribution is 6.18. The van der Waals surface area contributed by atoms with Crippen molar-refractivity contribution in [1.82, 2.24) is 4.98 Å². The molecule has 7 aromatic rings. The van der Waals surface area contributed by atoms with E-state index in [9.17, 15) is 0 Å². The van der Waals surface area contributed by atoms with Crippen LogP contribution in [0.3, 0.4) is 0 Å². The fraction of sp³-hybridized carbons (Fsp3) is 0.0513. The van der Waals surface area contributed by atoms with Crippen LogP contribution in [-0.2, 0) is 0 Å². The maximum absolute atomic E-state index is 6.50. The van der Waals surface area contributed by atoms with E-state index in [0.29, 0.717) is 17.9 Å². The molecule has 1 aliphatic carbocycles. The summed E-state index contributed by atoms with van der Waals surface area (Å²) in [5.74, 6) is 1.01. The molecule has 4 nitrogen and oxygen atoms in total. The predicted molar refractivity (Wildman–Crippen MR) is 178 cm³/mol. The van der Waals surface area contributed by atoms with Gasteiger partial charge in [-0.05, 0) is 76.3 Å². The van der Waals surface area contributed by atoms with Crippen molar-refractivity contribution in [2.45, 2.75) is 12.0 Å². The molecule has 0 spiro atoms. The van der Waals surface area contributed by atoms with Crippen LogP contribution in [0.5, 0.6) is 0 Å². The molecule has 0 saturated heterocycles. The van der Waals surface area contributed by atoms with Gasteiger partial charge in [-0.1, -0.05) is 91.0 Å². The predicted octanol–water partition coefficient (Wildman–Crippen LogP) is 10.3. The third kappa shape index (κ3) is 3.87. The van der Waals surface area contributed by atoms with Gasteiger partial charge in [0.1, 0.15) is 5.52 Å². The number of benzene rings is 6. The molecule has 1 aliphatic heterocycles. The van der Waals surface area contributed by atoms with Gasteiger partial charge in [-0.3, -0.25) is 0 Å². The van der Waals surface area contributed by atoms with Crippen LogP contribution in [0.15, 0.2) is 150 Å². The number of para-hydroxylation sites is 1. The Balaban J connectivity index is 1.24. The topological polar surface area (TPSA) is 41.3 Å². The molecule has 1 aromatic heterocycles. The normalized spacial score (nSPS) is 16.8. The highest BCUT2D eigenvalue weighted by atomic mass is 16.3. The number of oxazole rings is 1. The zero-order valence-corrected chi connectivity index (χ0v) is 23.3. The molecule has 0 bridgehead atoms. The van der Waals surface area contributed by atoms with Crippen molar-refractivity contribution >= 4 is 55.4 Å². The van der Waals surface area contributed by atoms with E-state index in [2.05, 4.69) is 126 Å². The molecule has 0 amide bonds. The second kappa shape index (κ2) is 9.47. The molecule has 204 valence electrons. The summed E-state index contributed by atoms with van der Waals surface area (Å²) >= 11 is 0. The quantitative estimate of drug-likeness (QED) is 0.220. The van der Waals surface area contributed by atoms with Crippen LogP contribution in [0, 0.1) is 0 Å². The lowest BCUT2D eigenvalue weighted by atomic mass is 9.91. The number of nitrogens with zero attached hydrogens (tertiary/aromatic N) is 2. The lowest BCUT2D eigenvalue weighted by Crippen LogP contribution is -2.17. The third-order valence-corrected chi connectivity index (χ3v) is 8.74. The van der Waals surface area contributed by atoms with Crippen LogP contribution in [0.2, 0.25) is 0 Å². The molecule has 2 heterocycles. The lowest BCUT2D eigenvalue weighted by molar-refractivity contribution is 0.623. The Kier molecular flexibility index (Phi) is 5.29. The minimum absolute atomic E-state index is 0.303. The zero-order valence-electron chi connectivity index (χ0n) is 23.3. The van der Waals surface area contributed by atoms with Crippen molar-refractivity contribution in [2.24, 2.45) is 0 Å². The number of anilines is 4. The fourth-order valence-corrected chi connectivity index (χ4v) is 6.70. The molecule has 6 aromatic carbocycles. The number of fused-ring (bicyclic) bond motifs is 8. The molecule has 2 aliphatic rings. The summed E-state index contributed by atoms with van der Waals surface area (Å²) in [7, 11) is 0. The first kappa shape index (κ1) is 24.0. The minimum Gasteiger partial charge on any atom is -0.435 e. The first-order valence-corrected chi connectivity index (χ1v) is 14.7. The largest absolute Gasteiger partial charge is 0.435 e. The molecule has 0 saturated carbocycles. The van der Waals surface area contributed by atoms with Gasteiger partial charge >= 0.3 is 0 Å². The van der Waals surface area contributed by atoms with E-state index in [1.165, 1.54) is 11.3 Å². The Labute approximate surface area is 249 Å². The summed E-state index contributed by atoms with van der Waals surface area (Å²) in [6, 6.07) is 43.1. The standard InChI is InChI=1S/C39H27N3O/c1-3-9-27(10-4-1)39-41-35-22-18-26-16-15-25-17-19-29(23-33(25)37(26)38(35)43-39)42(28-11-5-2-6-12-28)30-20-21-32-31-13-7-8-14-34(31)40-36(32)24-30/h1-24,31,34,40H. The van der Waals surface area contributed by atoms with Crippen LogP contribution in [0.1, 0.15) is 11.5 Å². The van der Waals surface area contributed by atoms with Crippen molar-refractivity contribution < 1.29 is 4.42 Å². The van der Waals surface area contributed by atoms with Gasteiger partial charge in [0, 0.05) is 39.6 Å². The van der Waals surface area contributed by atoms with E-state index in [1.54, 1.807) is 0 Å². The molecule has 43 heavy (non-hydrogen) atoms. The van der Waals surface area contributed by atoms with E-state index in [1.807, 2.05) is 30.3 Å². The first-order valence-electron chi connectivity index (χ1n) is 14.7. The number of allylic oxidation sites excluding steroid dienone is 2. The van der Waals surface area contributed by atoms with Gasteiger partial charge in [0.25, 0.3) is 0 Å². The van der Waals surface area contributed by atoms with Crippen LogP contribution < -0.4 is 10.2 Å². The fourth-order valence-electron chi connectivity index (χ4n) is 6.70. The second-order valence-corrected chi connectivity index (χ2v) is 11.3. The Bertz CT molecular complexity index is 2230. The average molecular weight is 554 g/mol. The van der Waals surface area contributed by atoms with Crippen molar-refractivity contribution in [3.8, 4) is 11.5 Å². The third-order valence-electron chi connectivity index (χ3n) is 8.74. The van der Waals surface area contributed by atoms with Gasteiger partial charge in [0.05, 0.1) is 6.04 Å². The summed E-state index contributed by atoms with van der Waals surface area (Å²) in [4.78, 5) is 7.20. The average Bonchev–Trinajstić information content (AvgIpc) is 3.67. The Morgan fingerprint density at radius 1 is 0.651 bits per heavy atom. The molecule has 0 radical (unpaired) electrons. The van der Waals surface area contributed by atoms with Crippen molar-refractivity contribution in [2.75, 3.05) is 10.2 Å². The zero-order chi connectivity index (χ0) is 28.3. The number of nitrogens with one attached hydrogen (secondary N) is 1. The second-order valence-electron chi connectivity index (χ2n) is 11.3. The molecule has 0 fully saturated rings. The van der Waals surface area contributed by atoms with Crippen molar-refractivity contribution in [3.63, 3.8) is 0 Å². The molecule has 2 unspecified atom stereocenters. The van der Waals surface area contributed by atoms with Gasteiger partial charge in [-0.2, -0.15) is 0 Å².